The van der Waals surface area contributed by atoms with E-state index in [1.54, 1.807) is 0 Å². The summed E-state index contributed by atoms with van der Waals surface area (Å²) in [6.07, 6.45) is 2.59. The zero-order valence-electron chi connectivity index (χ0n) is 12.7. The summed E-state index contributed by atoms with van der Waals surface area (Å²) in [6, 6.07) is 1.08. The van der Waals surface area contributed by atoms with Crippen molar-refractivity contribution in [1.29, 1.82) is 0 Å². The van der Waals surface area contributed by atoms with Crippen molar-refractivity contribution in [3.8, 4) is 0 Å². The molecule has 0 aromatic carbocycles. The Bertz CT molecular complexity index is 243. The van der Waals surface area contributed by atoms with E-state index < -0.39 is 5.60 Å². The molecule has 4 heteroatoms. The average Bonchev–Trinajstić information content (AvgIpc) is 2.61. The number of hydrogen-bond donors (Lipinski definition) is 2. The van der Waals surface area contributed by atoms with Crippen LogP contribution in [0.3, 0.4) is 0 Å². The first-order valence-electron chi connectivity index (χ1n) is 7.15. The third-order valence-electron chi connectivity index (χ3n) is 3.70. The number of likely N-dealkylation sites (N-methyl/N-ethyl adjacent to an activating group) is 2. The largest absolute Gasteiger partial charge is 0.388 e. The van der Waals surface area contributed by atoms with E-state index >= 15 is 0 Å². The van der Waals surface area contributed by atoms with Crippen molar-refractivity contribution in [2.75, 3.05) is 40.3 Å². The summed E-state index contributed by atoms with van der Waals surface area (Å²) in [5.41, 5.74) is -0.657. The second-order valence-corrected chi connectivity index (χ2v) is 6.51. The van der Waals surface area contributed by atoms with Gasteiger partial charge in [0.05, 0.1) is 5.60 Å². The Kier molecular flexibility index (Phi) is 6.05. The zero-order valence-corrected chi connectivity index (χ0v) is 12.7. The van der Waals surface area contributed by atoms with Gasteiger partial charge < -0.3 is 20.2 Å². The van der Waals surface area contributed by atoms with Crippen LogP contribution in [0.15, 0.2) is 0 Å². The van der Waals surface area contributed by atoms with Crippen molar-refractivity contribution in [2.45, 2.75) is 51.3 Å². The number of aliphatic hydroxyl groups is 1. The van der Waals surface area contributed by atoms with Crippen LogP contribution < -0.4 is 5.32 Å². The predicted octanol–water partition coefficient (Wildman–Crippen LogP) is 0.761. The van der Waals surface area contributed by atoms with Crippen LogP contribution in [0.1, 0.15) is 33.6 Å². The first-order chi connectivity index (χ1) is 8.30. The van der Waals surface area contributed by atoms with Crippen LogP contribution in [0.2, 0.25) is 0 Å². The fourth-order valence-corrected chi connectivity index (χ4v) is 2.70. The highest BCUT2D eigenvalue weighted by Crippen LogP contribution is 2.16. The molecule has 0 spiro atoms. The Morgan fingerprint density at radius 2 is 2.17 bits per heavy atom. The van der Waals surface area contributed by atoms with Gasteiger partial charge in [0.25, 0.3) is 0 Å². The van der Waals surface area contributed by atoms with Gasteiger partial charge in [-0.15, -0.1) is 0 Å². The van der Waals surface area contributed by atoms with Gasteiger partial charge in [0.1, 0.15) is 0 Å². The lowest BCUT2D eigenvalue weighted by molar-refractivity contribution is 0.0211. The van der Waals surface area contributed by atoms with Gasteiger partial charge in [-0.2, -0.15) is 0 Å². The van der Waals surface area contributed by atoms with E-state index in [2.05, 4.69) is 43.1 Å². The lowest BCUT2D eigenvalue weighted by Gasteiger charge is -2.32. The molecule has 18 heavy (non-hydrogen) atoms. The van der Waals surface area contributed by atoms with E-state index in [4.69, 9.17) is 0 Å². The van der Waals surface area contributed by atoms with Gasteiger partial charge in [-0.25, -0.2) is 0 Å². The number of rotatable bonds is 7. The van der Waals surface area contributed by atoms with Crippen molar-refractivity contribution in [2.24, 2.45) is 0 Å². The van der Waals surface area contributed by atoms with E-state index in [-0.39, 0.29) is 0 Å². The van der Waals surface area contributed by atoms with Crippen LogP contribution in [0.25, 0.3) is 0 Å². The molecule has 108 valence electrons. The topological polar surface area (TPSA) is 38.7 Å². The molecule has 4 nitrogen and oxygen atoms in total. The highest BCUT2D eigenvalue weighted by molar-refractivity contribution is 4.84. The van der Waals surface area contributed by atoms with E-state index in [1.807, 2.05) is 6.92 Å². The molecule has 1 aliphatic heterocycles. The summed E-state index contributed by atoms with van der Waals surface area (Å²) < 4.78 is 0. The van der Waals surface area contributed by atoms with Gasteiger partial charge >= 0.3 is 0 Å². The Balaban J connectivity index is 2.31. The molecule has 0 radical (unpaired) electrons. The highest BCUT2D eigenvalue weighted by Gasteiger charge is 2.26. The van der Waals surface area contributed by atoms with Gasteiger partial charge in [-0.3, -0.25) is 0 Å². The third kappa shape index (κ3) is 5.65. The standard InChI is InChI=1S/C14H31N3O/c1-12(2)15-10-14(3,18)11-16(4)9-13-7-6-8-17(13)5/h12-13,15,18H,6-11H2,1-5H3. The molecule has 1 aliphatic rings. The lowest BCUT2D eigenvalue weighted by atomic mass is 10.1. The third-order valence-corrected chi connectivity index (χ3v) is 3.70. The van der Waals surface area contributed by atoms with E-state index in [9.17, 15) is 5.11 Å². The molecule has 2 atom stereocenters. The molecule has 0 saturated carbocycles. The van der Waals surface area contributed by atoms with Crippen LogP contribution >= 0.6 is 0 Å². The summed E-state index contributed by atoms with van der Waals surface area (Å²) >= 11 is 0. The molecule has 0 aromatic heterocycles. The maximum absolute atomic E-state index is 10.4. The summed E-state index contributed by atoms with van der Waals surface area (Å²) in [7, 11) is 4.31. The Morgan fingerprint density at radius 1 is 1.50 bits per heavy atom. The molecule has 2 unspecified atom stereocenters. The average molecular weight is 257 g/mol. The Labute approximate surface area is 112 Å². The minimum Gasteiger partial charge on any atom is -0.388 e. The number of hydrogen-bond acceptors (Lipinski definition) is 4. The molecule has 0 bridgehead atoms. The monoisotopic (exact) mass is 257 g/mol. The number of nitrogens with one attached hydrogen (secondary N) is 1. The zero-order chi connectivity index (χ0) is 13.8. The Hall–Kier alpha value is -0.160. The molecule has 1 saturated heterocycles. The van der Waals surface area contributed by atoms with Crippen LogP contribution in [0.4, 0.5) is 0 Å². The maximum atomic E-state index is 10.4. The molecular formula is C14H31N3O. The molecular weight excluding hydrogens is 226 g/mol. The second-order valence-electron chi connectivity index (χ2n) is 6.51. The summed E-state index contributed by atoms with van der Waals surface area (Å²) in [5, 5.41) is 13.7. The lowest BCUT2D eigenvalue weighted by Crippen LogP contribution is -2.50. The molecule has 1 heterocycles. The summed E-state index contributed by atoms with van der Waals surface area (Å²) in [6.45, 7) is 9.75. The van der Waals surface area contributed by atoms with Gasteiger partial charge in [0.2, 0.25) is 0 Å². The predicted molar refractivity (Wildman–Crippen MR) is 76.9 cm³/mol. The van der Waals surface area contributed by atoms with Gasteiger partial charge in [-0.05, 0) is 40.4 Å². The SMILES string of the molecule is CC(C)NCC(C)(O)CN(C)CC1CCCN1C. The molecule has 0 aromatic rings. The highest BCUT2D eigenvalue weighted by atomic mass is 16.3. The molecule has 0 amide bonds. The van der Waals surface area contributed by atoms with E-state index in [0.29, 0.717) is 18.6 Å². The van der Waals surface area contributed by atoms with E-state index in [0.717, 1.165) is 13.1 Å². The van der Waals surface area contributed by atoms with Crippen LogP contribution in [-0.4, -0.2) is 72.9 Å². The number of nitrogens with zero attached hydrogens (tertiary/aromatic N) is 2. The molecule has 2 N–H and O–H groups in total. The van der Waals surface area contributed by atoms with Crippen LogP contribution in [0, 0.1) is 0 Å². The van der Waals surface area contributed by atoms with Crippen LogP contribution in [-0.2, 0) is 0 Å². The summed E-state index contributed by atoms with van der Waals surface area (Å²) in [5.74, 6) is 0. The molecule has 1 rings (SSSR count). The molecule has 1 fully saturated rings. The van der Waals surface area contributed by atoms with Crippen LogP contribution in [0.5, 0.6) is 0 Å². The quantitative estimate of drug-likeness (QED) is 0.706. The summed E-state index contributed by atoms with van der Waals surface area (Å²) in [4.78, 5) is 4.69. The van der Waals surface area contributed by atoms with Crippen molar-refractivity contribution >= 4 is 0 Å². The number of likely N-dealkylation sites (tertiary alicyclic amines) is 1. The van der Waals surface area contributed by atoms with E-state index in [1.165, 1.54) is 19.4 Å². The Morgan fingerprint density at radius 3 is 2.67 bits per heavy atom. The smallest absolute Gasteiger partial charge is 0.0869 e. The van der Waals surface area contributed by atoms with Crippen molar-refractivity contribution in [3.05, 3.63) is 0 Å². The van der Waals surface area contributed by atoms with Crippen molar-refractivity contribution in [3.63, 3.8) is 0 Å². The normalized spacial score (nSPS) is 25.0. The fourth-order valence-electron chi connectivity index (χ4n) is 2.70. The molecule has 0 aliphatic carbocycles. The van der Waals surface area contributed by atoms with Gasteiger partial charge in [0, 0.05) is 31.7 Å². The van der Waals surface area contributed by atoms with Gasteiger partial charge in [-0.1, -0.05) is 13.8 Å². The first-order valence-corrected chi connectivity index (χ1v) is 7.15. The minimum absolute atomic E-state index is 0.419. The van der Waals surface area contributed by atoms with Crippen molar-refractivity contribution in [1.82, 2.24) is 15.1 Å². The maximum Gasteiger partial charge on any atom is 0.0869 e. The van der Waals surface area contributed by atoms with Gasteiger partial charge in [0.15, 0.2) is 0 Å². The first kappa shape index (κ1) is 15.9. The van der Waals surface area contributed by atoms with Crippen molar-refractivity contribution < 1.29 is 5.11 Å². The minimum atomic E-state index is -0.657. The second kappa shape index (κ2) is 6.85. The fraction of sp³-hybridized carbons (Fsp3) is 1.00.